The first-order valence-corrected chi connectivity index (χ1v) is 6.00. The molecule has 0 atom stereocenters. The third-order valence-corrected chi connectivity index (χ3v) is 2.48. The Bertz CT molecular complexity index is 664. The molecule has 1 N–H and O–H groups in total. The van der Waals surface area contributed by atoms with Crippen LogP contribution in [0.15, 0.2) is 42.5 Å². The molecule has 4 nitrogen and oxygen atoms in total. The van der Waals surface area contributed by atoms with Crippen molar-refractivity contribution in [1.82, 2.24) is 0 Å². The van der Waals surface area contributed by atoms with Crippen molar-refractivity contribution in [1.29, 1.82) is 0 Å². The van der Waals surface area contributed by atoms with Gasteiger partial charge in [0.05, 0.1) is 5.56 Å². The molecule has 0 spiro atoms. The van der Waals surface area contributed by atoms with Crippen LogP contribution < -0.4 is 10.1 Å². The van der Waals surface area contributed by atoms with Gasteiger partial charge in [0.2, 0.25) is 5.91 Å². The molecule has 0 saturated heterocycles. The monoisotopic (exact) mass is 291 g/mol. The Morgan fingerprint density at radius 1 is 1.00 bits per heavy atom. The lowest BCUT2D eigenvalue weighted by Gasteiger charge is -2.06. The van der Waals surface area contributed by atoms with Crippen molar-refractivity contribution in [2.75, 3.05) is 5.32 Å². The molecule has 2 aromatic rings. The summed E-state index contributed by atoms with van der Waals surface area (Å²) in [6.07, 6.45) is 0. The SMILES string of the molecule is CC(=O)Nc1ccc(OC(=O)c2cc(F)cc(F)c2)cc1. The molecule has 0 fully saturated rings. The lowest BCUT2D eigenvalue weighted by atomic mass is 10.2. The van der Waals surface area contributed by atoms with Gasteiger partial charge >= 0.3 is 5.97 Å². The van der Waals surface area contributed by atoms with E-state index < -0.39 is 17.6 Å². The minimum atomic E-state index is -0.874. The summed E-state index contributed by atoms with van der Waals surface area (Å²) in [5.74, 6) is -2.62. The van der Waals surface area contributed by atoms with E-state index in [1.54, 1.807) is 0 Å². The van der Waals surface area contributed by atoms with E-state index in [4.69, 9.17) is 4.74 Å². The highest BCUT2D eigenvalue weighted by Gasteiger charge is 2.11. The Hall–Kier alpha value is -2.76. The van der Waals surface area contributed by atoms with Gasteiger partial charge in [0.15, 0.2) is 0 Å². The number of amides is 1. The maximum Gasteiger partial charge on any atom is 0.343 e. The molecule has 2 rings (SSSR count). The smallest absolute Gasteiger partial charge is 0.343 e. The number of benzene rings is 2. The number of nitrogens with one attached hydrogen (secondary N) is 1. The van der Waals surface area contributed by atoms with Crippen LogP contribution in [0.3, 0.4) is 0 Å². The molecule has 0 aliphatic carbocycles. The second-order valence-corrected chi connectivity index (χ2v) is 4.25. The first kappa shape index (κ1) is 14.6. The van der Waals surface area contributed by atoms with Crippen molar-refractivity contribution in [3.8, 4) is 5.75 Å². The molecule has 1 amide bonds. The average Bonchev–Trinajstić information content (AvgIpc) is 2.39. The van der Waals surface area contributed by atoms with Gasteiger partial charge in [-0.2, -0.15) is 0 Å². The van der Waals surface area contributed by atoms with E-state index in [9.17, 15) is 18.4 Å². The van der Waals surface area contributed by atoms with Crippen LogP contribution in [0.1, 0.15) is 17.3 Å². The van der Waals surface area contributed by atoms with Crippen LogP contribution in [0.25, 0.3) is 0 Å². The van der Waals surface area contributed by atoms with Crippen LogP contribution in [0.4, 0.5) is 14.5 Å². The van der Waals surface area contributed by atoms with E-state index in [1.807, 2.05) is 0 Å². The lowest BCUT2D eigenvalue weighted by molar-refractivity contribution is -0.114. The molecule has 0 heterocycles. The lowest BCUT2D eigenvalue weighted by Crippen LogP contribution is -2.09. The zero-order chi connectivity index (χ0) is 15.4. The Morgan fingerprint density at radius 2 is 1.57 bits per heavy atom. The number of esters is 1. The van der Waals surface area contributed by atoms with Crippen molar-refractivity contribution in [3.63, 3.8) is 0 Å². The first-order valence-electron chi connectivity index (χ1n) is 6.00. The van der Waals surface area contributed by atoms with Crippen molar-refractivity contribution < 1.29 is 23.1 Å². The number of anilines is 1. The van der Waals surface area contributed by atoms with E-state index in [0.29, 0.717) is 11.8 Å². The number of ether oxygens (including phenoxy) is 1. The Morgan fingerprint density at radius 3 is 2.10 bits per heavy atom. The third kappa shape index (κ3) is 4.10. The summed E-state index contributed by atoms with van der Waals surface area (Å²) in [5, 5.41) is 2.55. The molecule has 0 bridgehead atoms. The summed E-state index contributed by atoms with van der Waals surface area (Å²) < 4.78 is 31.0. The molecule has 108 valence electrons. The number of carbonyl (C=O) groups excluding carboxylic acids is 2. The number of carbonyl (C=O) groups is 2. The third-order valence-electron chi connectivity index (χ3n) is 2.48. The molecular formula is C15H11F2NO3. The maximum absolute atomic E-state index is 13.0. The van der Waals surface area contributed by atoms with Gasteiger partial charge in [0, 0.05) is 18.7 Å². The van der Waals surface area contributed by atoms with Crippen LogP contribution in [0.5, 0.6) is 5.75 Å². The van der Waals surface area contributed by atoms with Crippen molar-refractivity contribution >= 4 is 17.6 Å². The summed E-state index contributed by atoms with van der Waals surface area (Å²) in [5.41, 5.74) is 0.317. The molecule has 21 heavy (non-hydrogen) atoms. The summed E-state index contributed by atoms with van der Waals surface area (Å²) in [6, 6.07) is 8.43. The predicted molar refractivity (Wildman–Crippen MR) is 72.1 cm³/mol. The molecular weight excluding hydrogens is 280 g/mol. The summed E-state index contributed by atoms with van der Waals surface area (Å²) in [7, 11) is 0. The standard InChI is InChI=1S/C15H11F2NO3/c1-9(19)18-13-2-4-14(5-3-13)21-15(20)10-6-11(16)8-12(17)7-10/h2-8H,1H3,(H,18,19). The van der Waals surface area contributed by atoms with E-state index in [-0.39, 0.29) is 17.2 Å². The first-order chi connectivity index (χ1) is 9.94. The van der Waals surface area contributed by atoms with Gasteiger partial charge in [-0.3, -0.25) is 4.79 Å². The minimum Gasteiger partial charge on any atom is -0.423 e. The molecule has 0 saturated carbocycles. The average molecular weight is 291 g/mol. The van der Waals surface area contributed by atoms with Crippen LogP contribution in [-0.2, 0) is 4.79 Å². The number of hydrogen-bond acceptors (Lipinski definition) is 3. The fourth-order valence-electron chi connectivity index (χ4n) is 1.65. The predicted octanol–water partition coefficient (Wildman–Crippen LogP) is 3.14. The van der Waals surface area contributed by atoms with E-state index in [2.05, 4.69) is 5.32 Å². The fourth-order valence-corrected chi connectivity index (χ4v) is 1.65. The molecule has 6 heteroatoms. The molecule has 0 aliphatic rings. The normalized spacial score (nSPS) is 10.0. The second-order valence-electron chi connectivity index (χ2n) is 4.25. The molecule has 0 radical (unpaired) electrons. The number of hydrogen-bond donors (Lipinski definition) is 1. The minimum absolute atomic E-state index is 0.193. The van der Waals surface area contributed by atoms with Crippen molar-refractivity contribution in [2.24, 2.45) is 0 Å². The quantitative estimate of drug-likeness (QED) is 0.698. The number of rotatable bonds is 3. The van der Waals surface area contributed by atoms with E-state index >= 15 is 0 Å². The largest absolute Gasteiger partial charge is 0.423 e. The van der Waals surface area contributed by atoms with Gasteiger partial charge in [0.1, 0.15) is 17.4 Å². The molecule has 0 aromatic heterocycles. The zero-order valence-corrected chi connectivity index (χ0v) is 11.0. The van der Waals surface area contributed by atoms with Gasteiger partial charge in [-0.05, 0) is 36.4 Å². The van der Waals surface area contributed by atoms with Gasteiger partial charge in [-0.15, -0.1) is 0 Å². The van der Waals surface area contributed by atoms with Gasteiger partial charge < -0.3 is 10.1 Å². The molecule has 0 unspecified atom stereocenters. The van der Waals surface area contributed by atoms with Gasteiger partial charge in [0.25, 0.3) is 0 Å². The Labute approximate surface area is 119 Å². The maximum atomic E-state index is 13.0. The highest BCUT2D eigenvalue weighted by atomic mass is 19.1. The molecule has 2 aromatic carbocycles. The van der Waals surface area contributed by atoms with Crippen molar-refractivity contribution in [3.05, 3.63) is 59.7 Å². The Kier molecular flexibility index (Phi) is 4.27. The van der Waals surface area contributed by atoms with E-state index in [0.717, 1.165) is 12.1 Å². The van der Waals surface area contributed by atoms with Crippen LogP contribution in [0, 0.1) is 11.6 Å². The Balaban J connectivity index is 2.10. The summed E-state index contributed by atoms with van der Waals surface area (Å²) in [6.45, 7) is 1.37. The van der Waals surface area contributed by atoms with Crippen LogP contribution in [-0.4, -0.2) is 11.9 Å². The van der Waals surface area contributed by atoms with Crippen LogP contribution >= 0.6 is 0 Å². The highest BCUT2D eigenvalue weighted by molar-refractivity contribution is 5.91. The van der Waals surface area contributed by atoms with Gasteiger partial charge in [-0.25, -0.2) is 13.6 Å². The second kappa shape index (κ2) is 6.13. The fraction of sp³-hybridized carbons (Fsp3) is 0.0667. The van der Waals surface area contributed by atoms with Crippen LogP contribution in [0.2, 0.25) is 0 Å². The van der Waals surface area contributed by atoms with Gasteiger partial charge in [-0.1, -0.05) is 0 Å². The van der Waals surface area contributed by atoms with Crippen molar-refractivity contribution in [2.45, 2.75) is 6.92 Å². The summed E-state index contributed by atoms with van der Waals surface area (Å²) in [4.78, 5) is 22.6. The summed E-state index contributed by atoms with van der Waals surface area (Å²) >= 11 is 0. The number of halogens is 2. The topological polar surface area (TPSA) is 55.4 Å². The highest BCUT2D eigenvalue weighted by Crippen LogP contribution is 2.18. The van der Waals surface area contributed by atoms with E-state index in [1.165, 1.54) is 31.2 Å². The zero-order valence-electron chi connectivity index (χ0n) is 11.0. The molecule has 0 aliphatic heterocycles.